The summed E-state index contributed by atoms with van der Waals surface area (Å²) in [6.07, 6.45) is 4.30. The Kier molecular flexibility index (Phi) is 3.54. The topological polar surface area (TPSA) is 70.6 Å². The van der Waals surface area contributed by atoms with Crippen LogP contribution in [0.5, 0.6) is 0 Å². The van der Waals surface area contributed by atoms with Crippen molar-refractivity contribution in [2.45, 2.75) is 38.1 Å². The highest BCUT2D eigenvalue weighted by Gasteiger charge is 2.33. The van der Waals surface area contributed by atoms with Gasteiger partial charge in [-0.1, -0.05) is 12.8 Å². The Morgan fingerprint density at radius 3 is 2.62 bits per heavy atom. The molecule has 0 atom stereocenters. The molecule has 0 radical (unpaired) electrons. The van der Waals surface area contributed by atoms with E-state index >= 15 is 0 Å². The largest absolute Gasteiger partial charge is 0.394 e. The SMILES string of the molecule is CCN=C(N)NC1(CO)CCCC1. The van der Waals surface area contributed by atoms with Crippen LogP contribution in [-0.2, 0) is 0 Å². The van der Waals surface area contributed by atoms with Crippen LogP contribution >= 0.6 is 0 Å². The average Bonchev–Trinajstić information content (AvgIpc) is 2.54. The minimum atomic E-state index is -0.192. The molecule has 0 spiro atoms. The molecule has 0 aromatic heterocycles. The van der Waals surface area contributed by atoms with E-state index in [0.29, 0.717) is 12.5 Å². The highest BCUT2D eigenvalue weighted by molar-refractivity contribution is 5.78. The first-order valence-electron chi connectivity index (χ1n) is 4.91. The summed E-state index contributed by atoms with van der Waals surface area (Å²) in [5.74, 6) is 0.457. The standard InChI is InChI=1S/C9H19N3O/c1-2-11-8(10)12-9(7-13)5-3-4-6-9/h13H,2-7H2,1H3,(H3,10,11,12). The summed E-state index contributed by atoms with van der Waals surface area (Å²) < 4.78 is 0. The Bertz CT molecular complexity index is 185. The lowest BCUT2D eigenvalue weighted by molar-refractivity contribution is 0.182. The minimum absolute atomic E-state index is 0.146. The Labute approximate surface area is 79.2 Å². The van der Waals surface area contributed by atoms with Crippen molar-refractivity contribution in [3.05, 3.63) is 0 Å². The molecule has 1 saturated carbocycles. The summed E-state index contributed by atoms with van der Waals surface area (Å²) in [4.78, 5) is 4.05. The van der Waals surface area contributed by atoms with Crippen LogP contribution < -0.4 is 11.1 Å². The Morgan fingerprint density at radius 2 is 2.15 bits per heavy atom. The van der Waals surface area contributed by atoms with Crippen LogP contribution in [0.4, 0.5) is 0 Å². The van der Waals surface area contributed by atoms with E-state index in [2.05, 4.69) is 10.3 Å². The van der Waals surface area contributed by atoms with Gasteiger partial charge in [-0.2, -0.15) is 0 Å². The van der Waals surface area contributed by atoms with E-state index in [1.165, 1.54) is 0 Å². The zero-order valence-electron chi connectivity index (χ0n) is 8.21. The van der Waals surface area contributed by atoms with Crippen molar-refractivity contribution >= 4 is 5.96 Å². The van der Waals surface area contributed by atoms with E-state index < -0.39 is 0 Å². The van der Waals surface area contributed by atoms with Crippen LogP contribution in [0.1, 0.15) is 32.6 Å². The van der Waals surface area contributed by atoms with Crippen molar-refractivity contribution in [1.29, 1.82) is 0 Å². The smallest absolute Gasteiger partial charge is 0.189 e. The lowest BCUT2D eigenvalue weighted by atomic mass is 9.99. The van der Waals surface area contributed by atoms with Gasteiger partial charge in [0.1, 0.15) is 0 Å². The fourth-order valence-electron chi connectivity index (χ4n) is 1.86. The Morgan fingerprint density at radius 1 is 1.54 bits per heavy atom. The van der Waals surface area contributed by atoms with E-state index in [1.54, 1.807) is 0 Å². The molecule has 0 aliphatic heterocycles. The van der Waals surface area contributed by atoms with E-state index in [1.807, 2.05) is 6.92 Å². The summed E-state index contributed by atoms with van der Waals surface area (Å²) in [5, 5.41) is 12.4. The van der Waals surface area contributed by atoms with E-state index in [-0.39, 0.29) is 12.1 Å². The number of aliphatic hydroxyl groups excluding tert-OH is 1. The lowest BCUT2D eigenvalue weighted by Gasteiger charge is -2.28. The number of nitrogens with one attached hydrogen (secondary N) is 1. The lowest BCUT2D eigenvalue weighted by Crippen LogP contribution is -2.52. The number of aliphatic imine (C=N–C) groups is 1. The third kappa shape index (κ3) is 2.59. The number of nitrogens with zero attached hydrogens (tertiary/aromatic N) is 1. The van der Waals surface area contributed by atoms with Gasteiger partial charge in [-0.3, -0.25) is 4.99 Å². The van der Waals surface area contributed by atoms with Gasteiger partial charge in [-0.25, -0.2) is 0 Å². The van der Waals surface area contributed by atoms with Gasteiger partial charge >= 0.3 is 0 Å². The molecule has 1 rings (SSSR count). The summed E-state index contributed by atoms with van der Waals surface area (Å²) >= 11 is 0. The molecule has 4 heteroatoms. The molecule has 0 bridgehead atoms. The first-order valence-corrected chi connectivity index (χ1v) is 4.91. The van der Waals surface area contributed by atoms with E-state index in [0.717, 1.165) is 25.7 Å². The summed E-state index contributed by atoms with van der Waals surface area (Å²) in [6, 6.07) is 0. The molecule has 76 valence electrons. The third-order valence-corrected chi connectivity index (χ3v) is 2.59. The highest BCUT2D eigenvalue weighted by atomic mass is 16.3. The highest BCUT2D eigenvalue weighted by Crippen LogP contribution is 2.28. The molecule has 0 unspecified atom stereocenters. The predicted octanol–water partition coefficient (Wildman–Crippen LogP) is 0.216. The van der Waals surface area contributed by atoms with Crippen molar-refractivity contribution in [2.75, 3.05) is 13.2 Å². The van der Waals surface area contributed by atoms with Crippen LogP contribution in [0.3, 0.4) is 0 Å². The van der Waals surface area contributed by atoms with Gasteiger partial charge in [0.2, 0.25) is 0 Å². The summed E-state index contributed by atoms with van der Waals surface area (Å²) in [7, 11) is 0. The first kappa shape index (κ1) is 10.3. The van der Waals surface area contributed by atoms with Gasteiger partial charge < -0.3 is 16.2 Å². The first-order chi connectivity index (χ1) is 6.22. The Balaban J connectivity index is 2.52. The van der Waals surface area contributed by atoms with Gasteiger partial charge in [-0.15, -0.1) is 0 Å². The maximum absolute atomic E-state index is 9.26. The van der Waals surface area contributed by atoms with Crippen molar-refractivity contribution in [3.8, 4) is 0 Å². The molecule has 4 nitrogen and oxygen atoms in total. The number of nitrogens with two attached hydrogens (primary N) is 1. The van der Waals surface area contributed by atoms with E-state index in [4.69, 9.17) is 5.73 Å². The molecule has 0 aromatic rings. The van der Waals surface area contributed by atoms with Crippen LogP contribution in [0.15, 0.2) is 4.99 Å². The van der Waals surface area contributed by atoms with Crippen LogP contribution in [0.25, 0.3) is 0 Å². The van der Waals surface area contributed by atoms with Gasteiger partial charge in [0.25, 0.3) is 0 Å². The molecule has 4 N–H and O–H groups in total. The molecule has 0 aromatic carbocycles. The van der Waals surface area contributed by atoms with E-state index in [9.17, 15) is 5.11 Å². The van der Waals surface area contributed by atoms with Crippen LogP contribution in [-0.4, -0.2) is 29.8 Å². The number of guanidine groups is 1. The number of aliphatic hydroxyl groups is 1. The third-order valence-electron chi connectivity index (χ3n) is 2.59. The molecule has 0 heterocycles. The van der Waals surface area contributed by atoms with Gasteiger partial charge in [0.15, 0.2) is 5.96 Å². The second-order valence-corrected chi connectivity index (χ2v) is 3.63. The van der Waals surface area contributed by atoms with Gasteiger partial charge in [0, 0.05) is 6.54 Å². The molecule has 0 saturated heterocycles. The molecule has 13 heavy (non-hydrogen) atoms. The minimum Gasteiger partial charge on any atom is -0.394 e. The monoisotopic (exact) mass is 185 g/mol. The quantitative estimate of drug-likeness (QED) is 0.435. The van der Waals surface area contributed by atoms with Crippen molar-refractivity contribution in [3.63, 3.8) is 0 Å². The molecule has 0 amide bonds. The number of rotatable bonds is 3. The summed E-state index contributed by atoms with van der Waals surface area (Å²) in [6.45, 7) is 2.77. The molecular formula is C9H19N3O. The predicted molar refractivity (Wildman–Crippen MR) is 53.6 cm³/mol. The van der Waals surface area contributed by atoms with Crippen LogP contribution in [0.2, 0.25) is 0 Å². The second kappa shape index (κ2) is 4.46. The molecule has 1 aliphatic rings. The van der Waals surface area contributed by atoms with Crippen molar-refractivity contribution in [2.24, 2.45) is 10.7 Å². The van der Waals surface area contributed by atoms with Gasteiger partial charge in [-0.05, 0) is 19.8 Å². The zero-order chi connectivity index (χ0) is 9.73. The van der Waals surface area contributed by atoms with Gasteiger partial charge in [0.05, 0.1) is 12.1 Å². The van der Waals surface area contributed by atoms with Crippen molar-refractivity contribution < 1.29 is 5.11 Å². The maximum atomic E-state index is 9.26. The normalized spacial score (nSPS) is 21.8. The number of hydrogen-bond donors (Lipinski definition) is 3. The fraction of sp³-hybridized carbons (Fsp3) is 0.889. The fourth-order valence-corrected chi connectivity index (χ4v) is 1.86. The van der Waals surface area contributed by atoms with Crippen molar-refractivity contribution in [1.82, 2.24) is 5.32 Å². The Hall–Kier alpha value is -0.770. The molecule has 1 aliphatic carbocycles. The number of hydrogen-bond acceptors (Lipinski definition) is 2. The average molecular weight is 185 g/mol. The second-order valence-electron chi connectivity index (χ2n) is 3.63. The maximum Gasteiger partial charge on any atom is 0.189 e. The zero-order valence-corrected chi connectivity index (χ0v) is 8.21. The molecular weight excluding hydrogens is 166 g/mol. The summed E-state index contributed by atoms with van der Waals surface area (Å²) in [5.41, 5.74) is 5.46. The molecule has 1 fully saturated rings. The van der Waals surface area contributed by atoms with Crippen LogP contribution in [0, 0.1) is 0 Å².